The van der Waals surface area contributed by atoms with Gasteiger partial charge in [0.05, 0.1) is 12.2 Å². The van der Waals surface area contributed by atoms with Crippen LogP contribution in [0.2, 0.25) is 0 Å². The molecule has 6 unspecified atom stereocenters. The normalized spacial score (nSPS) is 35.5. The summed E-state index contributed by atoms with van der Waals surface area (Å²) in [6.07, 6.45) is 31.8. The summed E-state index contributed by atoms with van der Waals surface area (Å²) in [5.74, 6) is 4.82. The van der Waals surface area contributed by atoms with E-state index < -0.39 is 0 Å². The van der Waals surface area contributed by atoms with Gasteiger partial charge in [-0.15, -0.1) is 0 Å². The maximum Gasteiger partial charge on any atom is 0.0637 e. The maximum absolute atomic E-state index is 6.98. The Labute approximate surface area is 299 Å². The molecule has 0 aromatic heterocycles. The highest BCUT2D eigenvalue weighted by Crippen LogP contribution is 2.68. The van der Waals surface area contributed by atoms with E-state index in [-0.39, 0.29) is 0 Å². The molecule has 48 heavy (non-hydrogen) atoms. The highest BCUT2D eigenvalue weighted by atomic mass is 16.5. The van der Waals surface area contributed by atoms with E-state index in [1.807, 2.05) is 0 Å². The molecule has 0 heterocycles. The van der Waals surface area contributed by atoms with Crippen LogP contribution in [-0.4, -0.2) is 51.6 Å². The molecule has 282 valence electrons. The fraction of sp³-hybridized carbons (Fsp3) is 1.00. The Balaban J connectivity index is 1.25. The average molecular weight is 674 g/mol. The van der Waals surface area contributed by atoms with Crippen molar-refractivity contribution in [3.63, 3.8) is 0 Å². The van der Waals surface area contributed by atoms with Crippen molar-refractivity contribution in [2.45, 2.75) is 188 Å². The lowest BCUT2D eigenvalue weighted by Crippen LogP contribution is -2.58. The van der Waals surface area contributed by atoms with Crippen LogP contribution in [0.25, 0.3) is 0 Å². The lowest BCUT2D eigenvalue weighted by Gasteiger charge is -2.61. The number of fused-ring (bicyclic) bond motifs is 3. The van der Waals surface area contributed by atoms with Crippen molar-refractivity contribution in [3.8, 4) is 0 Å². The van der Waals surface area contributed by atoms with E-state index in [4.69, 9.17) is 20.9 Å². The molecule has 0 aromatic rings. The van der Waals surface area contributed by atoms with Gasteiger partial charge in [0.25, 0.3) is 0 Å². The van der Waals surface area contributed by atoms with Crippen LogP contribution in [0.1, 0.15) is 175 Å². The van der Waals surface area contributed by atoms with Crippen LogP contribution < -0.4 is 16.8 Å². The number of hydrogen-bond donors (Lipinski definition) is 3. The summed E-state index contributed by atoms with van der Waals surface area (Å²) in [5, 5.41) is 3.80. The van der Waals surface area contributed by atoms with E-state index in [2.05, 4.69) is 33.0 Å². The van der Waals surface area contributed by atoms with Crippen LogP contribution >= 0.6 is 0 Å². The third-order valence-electron chi connectivity index (χ3n) is 14.8. The Morgan fingerprint density at radius 1 is 0.750 bits per heavy atom. The van der Waals surface area contributed by atoms with E-state index in [1.165, 1.54) is 148 Å². The summed E-state index contributed by atoms with van der Waals surface area (Å²) in [6, 6.07) is 0. The van der Waals surface area contributed by atoms with Crippen LogP contribution in [0, 0.1) is 46.3 Å². The van der Waals surface area contributed by atoms with Gasteiger partial charge in [-0.1, -0.05) is 91.9 Å². The zero-order valence-corrected chi connectivity index (χ0v) is 32.6. The monoisotopic (exact) mass is 674 g/mol. The fourth-order valence-corrected chi connectivity index (χ4v) is 12.0. The Bertz CT molecular complexity index is 856. The predicted octanol–water partition coefficient (Wildman–Crippen LogP) is 10.0. The summed E-state index contributed by atoms with van der Waals surface area (Å²) >= 11 is 0. The number of hydrogen-bond acceptors (Lipinski definition) is 5. The minimum Gasteiger partial charge on any atom is -0.378 e. The van der Waals surface area contributed by atoms with Gasteiger partial charge in [0.1, 0.15) is 0 Å². The maximum atomic E-state index is 6.98. The molecule has 5 heteroatoms. The van der Waals surface area contributed by atoms with E-state index >= 15 is 0 Å². The smallest absolute Gasteiger partial charge is 0.0637 e. The number of nitrogens with two attached hydrogens (primary N) is 2. The summed E-state index contributed by atoms with van der Waals surface area (Å²) in [5.41, 5.74) is 12.5. The van der Waals surface area contributed by atoms with Crippen molar-refractivity contribution >= 4 is 0 Å². The summed E-state index contributed by atoms with van der Waals surface area (Å²) in [4.78, 5) is 0. The fourth-order valence-electron chi connectivity index (χ4n) is 12.0. The minimum atomic E-state index is 0.309. The Kier molecular flexibility index (Phi) is 18.0. The van der Waals surface area contributed by atoms with Crippen molar-refractivity contribution in [3.05, 3.63) is 0 Å². The first kappa shape index (κ1) is 40.6. The third-order valence-corrected chi connectivity index (χ3v) is 14.8. The van der Waals surface area contributed by atoms with Gasteiger partial charge >= 0.3 is 0 Å². The van der Waals surface area contributed by atoms with Crippen LogP contribution in [0.4, 0.5) is 0 Å². The van der Waals surface area contributed by atoms with Crippen molar-refractivity contribution in [1.29, 1.82) is 0 Å². The zero-order valence-electron chi connectivity index (χ0n) is 32.6. The summed E-state index contributed by atoms with van der Waals surface area (Å²) in [6.45, 7) is 15.8. The average Bonchev–Trinajstić information content (AvgIpc) is 3.45. The molecular weight excluding hydrogens is 590 g/mol. The first-order valence-corrected chi connectivity index (χ1v) is 21.7. The van der Waals surface area contributed by atoms with Gasteiger partial charge in [-0.2, -0.15) is 0 Å². The standard InChI is InChI=1S/C43H83N3O2/c1-5-6-7-8-9-10-11-12-13-14-28-46-29-16-19-34(2)39-21-22-40-37-23-25-43(24-15-20-36(33-43)47-30-17-26-44)35(3)38(37)32-41(42(39,40)4)48-31-18-27-45/h34-41,46H,5-33,44-45H2,1-4H3/t34-,35+,36-,37?,38?,39?,40?,41+,42?,43?/m1/s1. The van der Waals surface area contributed by atoms with Crippen LogP contribution in [0.15, 0.2) is 0 Å². The molecule has 5 N–H and O–H groups in total. The van der Waals surface area contributed by atoms with Gasteiger partial charge in [0.15, 0.2) is 0 Å². The van der Waals surface area contributed by atoms with E-state index in [1.54, 1.807) is 0 Å². The Morgan fingerprint density at radius 3 is 2.12 bits per heavy atom. The summed E-state index contributed by atoms with van der Waals surface area (Å²) < 4.78 is 13.4. The SMILES string of the molecule is CCCCCCCCCCCCNCCC[C@@H](C)C1CCC2C3CCC4(CCC[C@@H](OCCCN)C4)[C@@H](C)C3C[C@H](OCCCN)C21C. The molecule has 0 aliphatic heterocycles. The number of unbranched alkanes of at least 4 members (excludes halogenated alkanes) is 9. The van der Waals surface area contributed by atoms with Gasteiger partial charge in [-0.3, -0.25) is 0 Å². The highest BCUT2D eigenvalue weighted by molar-refractivity contribution is 5.12. The number of nitrogens with one attached hydrogen (secondary N) is 1. The van der Waals surface area contributed by atoms with E-state index in [9.17, 15) is 0 Å². The molecule has 0 radical (unpaired) electrons. The van der Waals surface area contributed by atoms with Gasteiger partial charge < -0.3 is 26.3 Å². The van der Waals surface area contributed by atoms with Crippen LogP contribution in [-0.2, 0) is 9.47 Å². The van der Waals surface area contributed by atoms with Crippen molar-refractivity contribution in [2.75, 3.05) is 39.4 Å². The van der Waals surface area contributed by atoms with Gasteiger partial charge in [0, 0.05) is 13.2 Å². The molecule has 10 atom stereocenters. The molecule has 1 spiro atoms. The lowest BCUT2D eigenvalue weighted by atomic mass is 9.45. The Morgan fingerprint density at radius 2 is 1.42 bits per heavy atom. The number of rotatable bonds is 24. The first-order valence-electron chi connectivity index (χ1n) is 21.7. The van der Waals surface area contributed by atoms with Crippen molar-refractivity contribution < 1.29 is 9.47 Å². The van der Waals surface area contributed by atoms with Gasteiger partial charge in [-0.25, -0.2) is 0 Å². The lowest BCUT2D eigenvalue weighted by molar-refractivity contribution is -0.179. The molecule has 4 aliphatic rings. The number of ether oxygens (including phenoxy) is 2. The van der Waals surface area contributed by atoms with E-state index in [0.717, 1.165) is 74.7 Å². The molecule has 5 nitrogen and oxygen atoms in total. The van der Waals surface area contributed by atoms with Crippen LogP contribution in [0.5, 0.6) is 0 Å². The quantitative estimate of drug-likeness (QED) is 0.0889. The van der Waals surface area contributed by atoms with Gasteiger partial charge in [-0.05, 0) is 156 Å². The van der Waals surface area contributed by atoms with Crippen LogP contribution in [0.3, 0.4) is 0 Å². The molecule has 4 saturated carbocycles. The third kappa shape index (κ3) is 10.7. The largest absolute Gasteiger partial charge is 0.378 e. The molecule has 0 bridgehead atoms. The first-order chi connectivity index (χ1) is 23.4. The second-order valence-corrected chi connectivity index (χ2v) is 17.7. The summed E-state index contributed by atoms with van der Waals surface area (Å²) in [7, 11) is 0. The van der Waals surface area contributed by atoms with Crippen molar-refractivity contribution in [1.82, 2.24) is 5.32 Å². The van der Waals surface area contributed by atoms with E-state index in [0.29, 0.717) is 23.0 Å². The molecule has 0 saturated heterocycles. The second-order valence-electron chi connectivity index (χ2n) is 17.7. The minimum absolute atomic E-state index is 0.309. The molecule has 0 aromatic carbocycles. The molecule has 0 amide bonds. The molecule has 4 fully saturated rings. The zero-order chi connectivity index (χ0) is 34.2. The Hall–Kier alpha value is -0.200. The highest BCUT2D eigenvalue weighted by Gasteiger charge is 2.63. The van der Waals surface area contributed by atoms with Crippen molar-refractivity contribution in [2.24, 2.45) is 57.8 Å². The van der Waals surface area contributed by atoms with Gasteiger partial charge in [0.2, 0.25) is 0 Å². The molecular formula is C43H83N3O2. The molecule has 4 rings (SSSR count). The molecule has 4 aliphatic carbocycles. The topological polar surface area (TPSA) is 82.5 Å². The second kappa shape index (κ2) is 21.4. The predicted molar refractivity (Wildman–Crippen MR) is 205 cm³/mol.